The Morgan fingerprint density at radius 1 is 1.22 bits per heavy atom. The van der Waals surface area contributed by atoms with Gasteiger partial charge in [-0.2, -0.15) is 0 Å². The number of aliphatic hydroxyl groups excluding tert-OH is 1. The lowest BCUT2D eigenvalue weighted by Gasteiger charge is -2.50. The average Bonchev–Trinajstić information content (AvgIpc) is 3.29. The lowest BCUT2D eigenvalue weighted by molar-refractivity contribution is -0.163. The number of fused-ring (bicyclic) bond motifs is 1. The van der Waals surface area contributed by atoms with Crippen LogP contribution in [0.5, 0.6) is 0 Å². The summed E-state index contributed by atoms with van der Waals surface area (Å²) in [5.74, 6) is -0.154. The Morgan fingerprint density at radius 3 is 2.41 bits per heavy atom. The van der Waals surface area contributed by atoms with Crippen LogP contribution in [-0.4, -0.2) is 46.7 Å². The molecule has 2 heterocycles. The van der Waals surface area contributed by atoms with Gasteiger partial charge in [-0.25, -0.2) is 4.79 Å². The van der Waals surface area contributed by atoms with Crippen molar-refractivity contribution >= 4 is 11.9 Å². The Morgan fingerprint density at radius 2 is 1.84 bits per heavy atom. The molecule has 2 aliphatic carbocycles. The molecule has 2 aliphatic heterocycles. The highest BCUT2D eigenvalue weighted by atomic mass is 16.6. The van der Waals surface area contributed by atoms with Crippen molar-refractivity contribution in [2.45, 2.75) is 79.1 Å². The molecule has 4 aliphatic rings. The Balaban J connectivity index is 1.81. The maximum Gasteiger partial charge on any atom is 0.334 e. The predicted molar refractivity (Wildman–Crippen MR) is 121 cm³/mol. The number of rotatable bonds is 3. The fourth-order valence-corrected chi connectivity index (χ4v) is 7.18. The molecule has 0 radical (unpaired) electrons. The molecular weight excluding hydrogens is 406 g/mol. The highest BCUT2D eigenvalue weighted by Gasteiger charge is 2.62. The number of carbonyl (C=O) groups is 2. The van der Waals surface area contributed by atoms with Crippen LogP contribution in [0.15, 0.2) is 23.2 Å². The molecule has 3 fully saturated rings. The summed E-state index contributed by atoms with van der Waals surface area (Å²) in [7, 11) is 1.62. The Hall–Kier alpha value is -1.82. The van der Waals surface area contributed by atoms with E-state index in [1.54, 1.807) is 7.05 Å². The van der Waals surface area contributed by atoms with Crippen LogP contribution in [0.2, 0.25) is 0 Å². The number of aliphatic hydroxyl groups is 1. The molecule has 0 aromatic carbocycles. The third-order valence-corrected chi connectivity index (χ3v) is 8.70. The zero-order valence-electron chi connectivity index (χ0n) is 20.7. The second-order valence-corrected chi connectivity index (χ2v) is 11.4. The van der Waals surface area contributed by atoms with Gasteiger partial charge >= 0.3 is 5.97 Å². The predicted octanol–water partition coefficient (Wildman–Crippen LogP) is 4.46. The summed E-state index contributed by atoms with van der Waals surface area (Å²) in [6.07, 6.45) is 4.60. The van der Waals surface area contributed by atoms with Gasteiger partial charge in [0.2, 0.25) is 5.76 Å². The van der Waals surface area contributed by atoms with E-state index in [0.717, 1.165) is 12.8 Å². The number of cyclic esters (lactones) is 1. The minimum Gasteiger partial charge on any atom is -0.508 e. The summed E-state index contributed by atoms with van der Waals surface area (Å²) in [5.41, 5.74) is 0.793. The molecule has 1 amide bonds. The first-order chi connectivity index (χ1) is 14.9. The molecule has 0 bridgehead atoms. The van der Waals surface area contributed by atoms with Gasteiger partial charge in [0.15, 0.2) is 0 Å². The van der Waals surface area contributed by atoms with E-state index >= 15 is 0 Å². The van der Waals surface area contributed by atoms with Gasteiger partial charge in [-0.05, 0) is 63.2 Å². The van der Waals surface area contributed by atoms with Crippen molar-refractivity contribution in [3.8, 4) is 0 Å². The first-order valence-corrected chi connectivity index (χ1v) is 12.2. The van der Waals surface area contributed by atoms with Crippen molar-refractivity contribution in [1.29, 1.82) is 0 Å². The average molecular weight is 446 g/mol. The van der Waals surface area contributed by atoms with Crippen LogP contribution >= 0.6 is 0 Å². The monoisotopic (exact) mass is 445 g/mol. The molecule has 0 aromatic heterocycles. The van der Waals surface area contributed by atoms with Crippen LogP contribution in [0, 0.1) is 41.4 Å². The van der Waals surface area contributed by atoms with E-state index in [9.17, 15) is 14.7 Å². The summed E-state index contributed by atoms with van der Waals surface area (Å²) >= 11 is 0. The standard InChI is InChI=1S/C26H39NO5/c1-12(2)21-25(30)31-23(24(29)27(21)8)22(28)19-18-14(4)9-13(3)10-17(18)11-15(5)20(19)26(7)16(6)32-26/h11-14,16-21,28H,9-10H2,1-8H3/t13-,14+,16-,17+,18+,19-,20-,21+,26+/m1/s1. The summed E-state index contributed by atoms with van der Waals surface area (Å²) in [5, 5.41) is 11.7. The van der Waals surface area contributed by atoms with Crippen LogP contribution in [0.3, 0.4) is 0 Å². The van der Waals surface area contributed by atoms with Crippen molar-refractivity contribution in [2.75, 3.05) is 7.05 Å². The highest BCUT2D eigenvalue weighted by molar-refractivity contribution is 6.00. The fourth-order valence-electron chi connectivity index (χ4n) is 7.18. The molecule has 6 nitrogen and oxygen atoms in total. The van der Waals surface area contributed by atoms with Gasteiger partial charge in [-0.15, -0.1) is 0 Å². The van der Waals surface area contributed by atoms with E-state index in [0.29, 0.717) is 17.8 Å². The minimum absolute atomic E-state index is 0.0678. The Kier molecular flexibility index (Phi) is 5.76. The largest absolute Gasteiger partial charge is 0.508 e. The van der Waals surface area contributed by atoms with E-state index in [4.69, 9.17) is 9.47 Å². The second kappa shape index (κ2) is 7.89. The number of nitrogens with zero attached hydrogens (tertiary/aromatic N) is 1. The molecule has 0 spiro atoms. The molecule has 178 valence electrons. The first-order valence-electron chi connectivity index (χ1n) is 12.2. The smallest absolute Gasteiger partial charge is 0.334 e. The van der Waals surface area contributed by atoms with Gasteiger partial charge < -0.3 is 19.5 Å². The minimum atomic E-state index is -0.644. The molecule has 0 unspecified atom stereocenters. The molecule has 2 saturated heterocycles. The second-order valence-electron chi connectivity index (χ2n) is 11.4. The van der Waals surface area contributed by atoms with Gasteiger partial charge in [0.25, 0.3) is 5.91 Å². The van der Waals surface area contributed by atoms with E-state index in [-0.39, 0.29) is 41.3 Å². The number of esters is 1. The van der Waals surface area contributed by atoms with E-state index < -0.39 is 23.5 Å². The molecule has 1 N–H and O–H groups in total. The van der Waals surface area contributed by atoms with Crippen LogP contribution < -0.4 is 0 Å². The molecule has 6 heteroatoms. The van der Waals surface area contributed by atoms with Crippen LogP contribution in [-0.2, 0) is 19.1 Å². The number of likely N-dealkylation sites (N-methyl/N-ethyl adjacent to an activating group) is 1. The van der Waals surface area contributed by atoms with Crippen LogP contribution in [0.4, 0.5) is 0 Å². The maximum absolute atomic E-state index is 13.3. The summed E-state index contributed by atoms with van der Waals surface area (Å²) in [6, 6.07) is -0.644. The number of amides is 1. The Labute approximate surface area is 192 Å². The zero-order valence-corrected chi connectivity index (χ0v) is 20.7. The quantitative estimate of drug-likeness (QED) is 0.228. The number of allylic oxidation sites excluding steroid dienone is 2. The van der Waals surface area contributed by atoms with Gasteiger partial charge in [0, 0.05) is 18.9 Å². The number of ether oxygens (including phenoxy) is 2. The van der Waals surface area contributed by atoms with Gasteiger partial charge in [-0.3, -0.25) is 4.79 Å². The van der Waals surface area contributed by atoms with Crippen molar-refractivity contribution in [1.82, 2.24) is 4.90 Å². The number of hydrogen-bond donors (Lipinski definition) is 1. The first kappa shape index (κ1) is 23.3. The third-order valence-electron chi connectivity index (χ3n) is 8.70. The topological polar surface area (TPSA) is 79.4 Å². The number of morpholine rings is 1. The van der Waals surface area contributed by atoms with Gasteiger partial charge in [0.1, 0.15) is 11.8 Å². The van der Waals surface area contributed by atoms with E-state index in [1.807, 2.05) is 13.8 Å². The van der Waals surface area contributed by atoms with E-state index in [2.05, 4.69) is 40.7 Å². The number of carbonyl (C=O) groups excluding carboxylic acids is 2. The zero-order chi connectivity index (χ0) is 23.7. The maximum atomic E-state index is 13.3. The molecule has 1 saturated carbocycles. The summed E-state index contributed by atoms with van der Waals surface area (Å²) in [4.78, 5) is 27.5. The normalized spacial score (nSPS) is 45.9. The Bertz CT molecular complexity index is 875. The fraction of sp³-hybridized carbons (Fsp3) is 0.769. The molecule has 9 atom stereocenters. The summed E-state index contributed by atoms with van der Waals surface area (Å²) < 4.78 is 11.6. The summed E-state index contributed by atoms with van der Waals surface area (Å²) in [6.45, 7) is 14.6. The van der Waals surface area contributed by atoms with Crippen molar-refractivity contribution in [3.63, 3.8) is 0 Å². The van der Waals surface area contributed by atoms with Crippen LogP contribution in [0.1, 0.15) is 61.3 Å². The molecule has 4 rings (SSSR count). The lowest BCUT2D eigenvalue weighted by Crippen LogP contribution is -2.53. The van der Waals surface area contributed by atoms with Gasteiger partial charge in [-0.1, -0.05) is 39.3 Å². The van der Waals surface area contributed by atoms with E-state index in [1.165, 1.54) is 10.5 Å². The molecular formula is C26H39NO5. The highest BCUT2D eigenvalue weighted by Crippen LogP contribution is 2.59. The SMILES string of the molecule is CC1=C[C@@H]2C[C@H](C)C[C@H](C)[C@@H]2[C@@H](C(O)=C2OC(=O)[C@H](C(C)C)N(C)C2=O)[C@@H]1[C@@]1(C)O[C@@H]1C. The van der Waals surface area contributed by atoms with Crippen LogP contribution in [0.25, 0.3) is 0 Å². The van der Waals surface area contributed by atoms with Crippen molar-refractivity contribution < 1.29 is 24.2 Å². The number of hydrogen-bond acceptors (Lipinski definition) is 5. The van der Waals surface area contributed by atoms with Crippen molar-refractivity contribution in [2.24, 2.45) is 41.4 Å². The third kappa shape index (κ3) is 3.49. The molecule has 0 aromatic rings. The lowest BCUT2D eigenvalue weighted by atomic mass is 9.54. The van der Waals surface area contributed by atoms with Gasteiger partial charge in [0.05, 0.1) is 11.7 Å². The van der Waals surface area contributed by atoms with Crippen molar-refractivity contribution in [3.05, 3.63) is 23.2 Å². The number of epoxide rings is 1. The molecule has 32 heavy (non-hydrogen) atoms.